The monoisotopic (exact) mass is 448 g/mol. The zero-order valence-corrected chi connectivity index (χ0v) is 18.8. The third-order valence-corrected chi connectivity index (χ3v) is 5.91. The minimum absolute atomic E-state index is 0.0876. The minimum Gasteiger partial charge on any atom is -0.497 e. The predicted octanol–water partition coefficient (Wildman–Crippen LogP) is 4.14. The Hall–Kier alpha value is -3.70. The van der Waals surface area contributed by atoms with Gasteiger partial charge in [-0.1, -0.05) is 24.3 Å². The van der Waals surface area contributed by atoms with Gasteiger partial charge in [-0.25, -0.2) is 9.24 Å². The second-order valence-electron chi connectivity index (χ2n) is 8.22. The van der Waals surface area contributed by atoms with E-state index >= 15 is 0 Å². The molecule has 2 heterocycles. The molecule has 0 saturated carbocycles. The van der Waals surface area contributed by atoms with Crippen LogP contribution in [0.25, 0.3) is 27.2 Å². The Morgan fingerprint density at radius 1 is 1.18 bits per heavy atom. The van der Waals surface area contributed by atoms with E-state index in [1.54, 1.807) is 44.5 Å². The maximum absolute atomic E-state index is 14.5. The molecule has 1 aromatic heterocycles. The Balaban J connectivity index is 1.82. The van der Waals surface area contributed by atoms with Gasteiger partial charge in [-0.2, -0.15) is 4.98 Å². The van der Waals surface area contributed by atoms with Gasteiger partial charge in [0, 0.05) is 25.1 Å². The van der Waals surface area contributed by atoms with Crippen LogP contribution in [-0.4, -0.2) is 48.3 Å². The first-order valence-corrected chi connectivity index (χ1v) is 10.7. The van der Waals surface area contributed by atoms with Crippen molar-refractivity contribution >= 4 is 5.69 Å². The lowest BCUT2D eigenvalue weighted by Crippen LogP contribution is -2.25. The molecule has 8 heteroatoms. The first-order chi connectivity index (χ1) is 15.9. The van der Waals surface area contributed by atoms with Crippen LogP contribution in [0.15, 0.2) is 47.3 Å². The highest BCUT2D eigenvalue weighted by atomic mass is 19.1. The lowest BCUT2D eigenvalue weighted by Gasteiger charge is -2.17. The molecule has 3 aromatic rings. The molecule has 4 rings (SSSR count). The summed E-state index contributed by atoms with van der Waals surface area (Å²) in [6.07, 6.45) is 1.02. The van der Waals surface area contributed by atoms with Crippen LogP contribution in [-0.2, 0) is 7.05 Å². The van der Waals surface area contributed by atoms with Crippen LogP contribution < -0.4 is 15.0 Å². The van der Waals surface area contributed by atoms with Crippen molar-refractivity contribution in [2.24, 2.45) is 13.0 Å². The largest absolute Gasteiger partial charge is 0.497 e. The van der Waals surface area contributed by atoms with Crippen LogP contribution in [0.1, 0.15) is 6.42 Å². The highest BCUT2D eigenvalue weighted by Crippen LogP contribution is 2.33. The van der Waals surface area contributed by atoms with E-state index in [2.05, 4.69) is 21.8 Å². The van der Waals surface area contributed by atoms with Crippen LogP contribution in [0.4, 0.5) is 10.1 Å². The molecule has 0 aliphatic carbocycles. The van der Waals surface area contributed by atoms with Crippen molar-refractivity contribution in [1.82, 2.24) is 14.5 Å². The fraction of sp³-hybridized carbons (Fsp3) is 0.320. The van der Waals surface area contributed by atoms with Gasteiger partial charge in [0.05, 0.1) is 31.5 Å². The normalized spacial score (nSPS) is 15.9. The molecular weight excluding hydrogens is 423 g/mol. The number of hydrogen-bond acceptors (Lipinski definition) is 5. The number of likely N-dealkylation sites (tertiary alicyclic amines) is 1. The second kappa shape index (κ2) is 9.43. The molecule has 0 N–H and O–H groups in total. The molecule has 1 aliphatic rings. The first-order valence-electron chi connectivity index (χ1n) is 10.7. The van der Waals surface area contributed by atoms with Gasteiger partial charge in [0.15, 0.2) is 0 Å². The van der Waals surface area contributed by atoms with E-state index in [1.807, 2.05) is 0 Å². The molecule has 1 unspecified atom stereocenters. The van der Waals surface area contributed by atoms with Gasteiger partial charge >= 0.3 is 0 Å². The molecule has 0 amide bonds. The third-order valence-electron chi connectivity index (χ3n) is 5.91. The molecule has 1 aliphatic heterocycles. The molecule has 170 valence electrons. The average Bonchev–Trinajstić information content (AvgIpc) is 3.25. The predicted molar refractivity (Wildman–Crippen MR) is 124 cm³/mol. The van der Waals surface area contributed by atoms with Crippen molar-refractivity contribution in [3.05, 3.63) is 70.1 Å². The molecule has 2 aromatic carbocycles. The van der Waals surface area contributed by atoms with Crippen molar-refractivity contribution in [3.63, 3.8) is 0 Å². The molecule has 1 atom stereocenters. The number of benzene rings is 2. The molecule has 1 fully saturated rings. The van der Waals surface area contributed by atoms with Crippen LogP contribution in [0.3, 0.4) is 0 Å². The lowest BCUT2D eigenvalue weighted by molar-refractivity contribution is 0.223. The van der Waals surface area contributed by atoms with Crippen LogP contribution in [0.2, 0.25) is 0 Å². The maximum Gasteiger partial charge on any atom is 0.299 e. The van der Waals surface area contributed by atoms with Gasteiger partial charge in [-0.15, -0.1) is 0 Å². The minimum atomic E-state index is -0.665. The number of rotatable bonds is 6. The highest BCUT2D eigenvalue weighted by Gasteiger charge is 2.23. The Kier molecular flexibility index (Phi) is 6.43. The van der Waals surface area contributed by atoms with Crippen molar-refractivity contribution in [1.29, 1.82) is 0 Å². The van der Waals surface area contributed by atoms with Gasteiger partial charge in [-0.3, -0.25) is 9.36 Å². The molecule has 0 spiro atoms. The summed E-state index contributed by atoms with van der Waals surface area (Å²) < 4.78 is 27.0. The number of halogens is 1. The number of methoxy groups -OCH3 is 1. The number of aromatic nitrogens is 2. The molecule has 0 radical (unpaired) electrons. The Labute approximate surface area is 191 Å². The van der Waals surface area contributed by atoms with Crippen LogP contribution in [0, 0.1) is 18.3 Å². The number of hydrogen-bond donors (Lipinski definition) is 0. The molecule has 0 bridgehead atoms. The zero-order chi connectivity index (χ0) is 23.5. The number of nitrogens with zero attached hydrogens (tertiary/aromatic N) is 4. The van der Waals surface area contributed by atoms with Gasteiger partial charge in [0.2, 0.25) is 5.69 Å². The summed E-state index contributed by atoms with van der Waals surface area (Å²) in [5, 5.41) is 0. The van der Waals surface area contributed by atoms with E-state index < -0.39 is 5.82 Å². The maximum atomic E-state index is 14.5. The number of ether oxygens (including phenoxy) is 2. The summed E-state index contributed by atoms with van der Waals surface area (Å²) in [6.45, 7) is 9.48. The van der Waals surface area contributed by atoms with Gasteiger partial charge in [0.25, 0.3) is 11.6 Å². The topological polar surface area (TPSA) is 61.0 Å². The average molecular weight is 448 g/mol. The summed E-state index contributed by atoms with van der Waals surface area (Å²) in [4.78, 5) is 23.5. The van der Waals surface area contributed by atoms with E-state index in [1.165, 1.54) is 16.7 Å². The summed E-state index contributed by atoms with van der Waals surface area (Å²) in [5.41, 5.74) is 1.25. The van der Waals surface area contributed by atoms with E-state index in [4.69, 9.17) is 16.0 Å². The van der Waals surface area contributed by atoms with Crippen molar-refractivity contribution < 1.29 is 13.9 Å². The molecule has 7 nitrogen and oxygen atoms in total. The summed E-state index contributed by atoms with van der Waals surface area (Å²) in [6, 6.07) is 11.4. The van der Waals surface area contributed by atoms with Gasteiger partial charge in [-0.05, 0) is 43.8 Å². The first kappa shape index (κ1) is 22.5. The molecule has 1 saturated heterocycles. The zero-order valence-electron chi connectivity index (χ0n) is 18.8. The quantitative estimate of drug-likeness (QED) is 0.531. The van der Waals surface area contributed by atoms with Gasteiger partial charge < -0.3 is 14.4 Å². The van der Waals surface area contributed by atoms with E-state index in [9.17, 15) is 9.18 Å². The molecular formula is C25H25FN4O3. The van der Waals surface area contributed by atoms with Crippen molar-refractivity contribution in [2.45, 2.75) is 6.42 Å². The summed E-state index contributed by atoms with van der Waals surface area (Å²) in [7, 11) is 5.25. The fourth-order valence-corrected chi connectivity index (χ4v) is 4.04. The van der Waals surface area contributed by atoms with Crippen LogP contribution >= 0.6 is 0 Å². The highest BCUT2D eigenvalue weighted by molar-refractivity contribution is 5.81. The SMILES string of the molecule is [C-]#[N+]c1ccc(-c2nc(OCC3CCN(C)C3)n(C)c(=O)c2-c2ccc(OC)cc2)cc1F. The van der Waals surface area contributed by atoms with Crippen LogP contribution in [0.5, 0.6) is 11.8 Å². The Morgan fingerprint density at radius 2 is 1.91 bits per heavy atom. The Bertz CT molecular complexity index is 1260. The second-order valence-corrected chi connectivity index (χ2v) is 8.22. The molecule has 33 heavy (non-hydrogen) atoms. The van der Waals surface area contributed by atoms with Crippen molar-refractivity contribution in [3.8, 4) is 34.1 Å². The van der Waals surface area contributed by atoms with Gasteiger partial charge in [0.1, 0.15) is 11.6 Å². The fourth-order valence-electron chi connectivity index (χ4n) is 4.04. The van der Waals surface area contributed by atoms with Crippen molar-refractivity contribution in [2.75, 3.05) is 33.9 Å². The Morgan fingerprint density at radius 3 is 2.52 bits per heavy atom. The summed E-state index contributed by atoms with van der Waals surface area (Å²) >= 11 is 0. The lowest BCUT2D eigenvalue weighted by atomic mass is 10.00. The third kappa shape index (κ3) is 4.59. The smallest absolute Gasteiger partial charge is 0.299 e. The standard InChI is InChI=1S/C25H25FN4O3/c1-27-21-10-7-18(13-20(21)26)23-22(17-5-8-19(32-4)9-6-17)24(31)30(3)25(28-23)33-15-16-11-12-29(2)14-16/h5-10,13,16H,11-12,14-15H2,2-4H3. The van der Waals surface area contributed by atoms with E-state index in [0.717, 1.165) is 19.5 Å². The van der Waals surface area contributed by atoms with E-state index in [-0.39, 0.29) is 17.3 Å². The summed E-state index contributed by atoms with van der Waals surface area (Å²) in [5.74, 6) is 0.341. The van der Waals surface area contributed by atoms with E-state index in [0.29, 0.717) is 40.7 Å².